The first-order valence-corrected chi connectivity index (χ1v) is 9.56. The van der Waals surface area contributed by atoms with Crippen LogP contribution in [-0.4, -0.2) is 48.8 Å². The van der Waals surface area contributed by atoms with Gasteiger partial charge in [-0.2, -0.15) is 78.7 Å². The van der Waals surface area contributed by atoms with Crippen molar-refractivity contribution >= 4 is 16.2 Å². The molecule has 0 unspecified atom stereocenters. The lowest BCUT2D eigenvalue weighted by Gasteiger charge is -2.39. The standard InChI is InChI=1S/C8F16.C8H8O3S/c9-1(2(10)11)3(12,13)4(14,15)5(16,17)6(18,19)7(20,21)8(22,23)24;9-12(10,11)7-6-8-4-2-1-3-5-8/h;1-7H,(H,9,10,11). The number of benzene rings is 1. The van der Waals surface area contributed by atoms with Crippen LogP contribution in [0.2, 0.25) is 0 Å². The lowest BCUT2D eigenvalue weighted by atomic mass is 9.93. The van der Waals surface area contributed by atoms with Gasteiger partial charge in [0.25, 0.3) is 10.1 Å². The first-order valence-electron chi connectivity index (χ1n) is 8.06. The molecule has 0 saturated carbocycles. The second-order valence-electron chi connectivity index (χ2n) is 6.17. The lowest BCUT2D eigenvalue weighted by Crippen LogP contribution is -2.70. The summed E-state index contributed by atoms with van der Waals surface area (Å²) in [5.74, 6) is -44.9. The summed E-state index contributed by atoms with van der Waals surface area (Å²) in [4.78, 5) is 0. The Morgan fingerprint density at radius 3 is 1.39 bits per heavy atom. The van der Waals surface area contributed by atoms with E-state index in [2.05, 4.69) is 0 Å². The monoisotopic (exact) mass is 584 g/mol. The van der Waals surface area contributed by atoms with Crippen molar-refractivity contribution in [2.75, 3.05) is 0 Å². The van der Waals surface area contributed by atoms with Crippen LogP contribution >= 0.6 is 0 Å². The molecule has 0 radical (unpaired) electrons. The molecule has 1 aromatic carbocycles. The average Bonchev–Trinajstić information content (AvgIpc) is 2.70. The summed E-state index contributed by atoms with van der Waals surface area (Å²) in [6, 6.07) is 8.86. The Kier molecular flexibility index (Phi) is 9.73. The molecule has 0 fully saturated rings. The highest BCUT2D eigenvalue weighted by atomic mass is 32.2. The first-order chi connectivity index (χ1) is 15.7. The number of allylic oxidation sites excluding steroid dienone is 1. The topological polar surface area (TPSA) is 54.4 Å². The molecule has 36 heavy (non-hydrogen) atoms. The summed E-state index contributed by atoms with van der Waals surface area (Å²) in [5, 5.41) is 0.752. The molecule has 208 valence electrons. The highest BCUT2D eigenvalue weighted by Gasteiger charge is 2.91. The van der Waals surface area contributed by atoms with E-state index in [1.807, 2.05) is 6.07 Å². The molecular formula is C16H8F16O3S. The SMILES string of the molecule is FC(F)=C(F)C(F)(F)C(F)(F)C(F)(F)C(F)(F)C(F)(F)C(F)(F)F.O=S(=O)(O)C=Cc1ccccc1. The van der Waals surface area contributed by atoms with Crippen molar-refractivity contribution in [2.45, 2.75) is 35.8 Å². The Bertz CT molecular complexity index is 1050. The predicted molar refractivity (Wildman–Crippen MR) is 88.2 cm³/mol. The summed E-state index contributed by atoms with van der Waals surface area (Å²) < 4.78 is 225. The molecule has 1 rings (SSSR count). The summed E-state index contributed by atoms with van der Waals surface area (Å²) in [6.07, 6.45) is -10.7. The van der Waals surface area contributed by atoms with Crippen molar-refractivity contribution in [1.29, 1.82) is 0 Å². The van der Waals surface area contributed by atoms with Crippen LogP contribution in [0.5, 0.6) is 0 Å². The minimum Gasteiger partial charge on any atom is -0.282 e. The predicted octanol–water partition coefficient (Wildman–Crippen LogP) is 7.35. The zero-order valence-electron chi connectivity index (χ0n) is 16.3. The molecule has 0 aromatic heterocycles. The molecule has 0 aliphatic heterocycles. The van der Waals surface area contributed by atoms with Gasteiger partial charge in [0.15, 0.2) is 0 Å². The molecule has 1 N–H and O–H groups in total. The van der Waals surface area contributed by atoms with Crippen molar-refractivity contribution in [3.05, 3.63) is 53.2 Å². The van der Waals surface area contributed by atoms with Crippen molar-refractivity contribution in [3.8, 4) is 0 Å². The molecule has 0 spiro atoms. The van der Waals surface area contributed by atoms with E-state index in [9.17, 15) is 78.7 Å². The molecular weight excluding hydrogens is 576 g/mol. The van der Waals surface area contributed by atoms with Crippen LogP contribution in [0, 0.1) is 0 Å². The zero-order valence-corrected chi connectivity index (χ0v) is 17.1. The maximum Gasteiger partial charge on any atom is 0.460 e. The van der Waals surface area contributed by atoms with E-state index in [1.54, 1.807) is 24.3 Å². The molecule has 0 saturated heterocycles. The average molecular weight is 584 g/mol. The molecule has 0 amide bonds. The fraction of sp³-hybridized carbons (Fsp3) is 0.375. The third kappa shape index (κ3) is 6.62. The molecule has 1 aromatic rings. The van der Waals surface area contributed by atoms with Crippen molar-refractivity contribution < 1.29 is 83.2 Å². The van der Waals surface area contributed by atoms with Crippen molar-refractivity contribution in [3.63, 3.8) is 0 Å². The third-order valence-electron chi connectivity index (χ3n) is 3.61. The van der Waals surface area contributed by atoms with Gasteiger partial charge < -0.3 is 0 Å². The molecule has 20 heteroatoms. The molecule has 0 heterocycles. The van der Waals surface area contributed by atoms with Crippen LogP contribution < -0.4 is 0 Å². The smallest absolute Gasteiger partial charge is 0.282 e. The van der Waals surface area contributed by atoms with Gasteiger partial charge in [-0.15, -0.1) is 0 Å². The summed E-state index contributed by atoms with van der Waals surface area (Å²) in [5.41, 5.74) is 0.732. The van der Waals surface area contributed by atoms with Crippen LogP contribution in [0.25, 0.3) is 6.08 Å². The maximum atomic E-state index is 12.7. The van der Waals surface area contributed by atoms with Gasteiger partial charge in [0.1, 0.15) is 0 Å². The van der Waals surface area contributed by atoms with Gasteiger partial charge in [-0.05, 0) is 11.6 Å². The fourth-order valence-corrected chi connectivity index (χ4v) is 2.08. The minimum absolute atomic E-state index is 0.732. The highest BCUT2D eigenvalue weighted by molar-refractivity contribution is 7.88. The Morgan fingerprint density at radius 2 is 1.06 bits per heavy atom. The molecule has 0 bridgehead atoms. The lowest BCUT2D eigenvalue weighted by molar-refractivity contribution is -0.437. The van der Waals surface area contributed by atoms with Crippen molar-refractivity contribution in [1.82, 2.24) is 0 Å². The van der Waals surface area contributed by atoms with Gasteiger partial charge in [-0.1, -0.05) is 30.3 Å². The van der Waals surface area contributed by atoms with Crippen LogP contribution in [0.15, 0.2) is 47.6 Å². The third-order valence-corrected chi connectivity index (χ3v) is 4.09. The summed E-state index contributed by atoms with van der Waals surface area (Å²) >= 11 is 0. The van der Waals surface area contributed by atoms with Crippen LogP contribution in [0.1, 0.15) is 5.56 Å². The molecule has 0 atom stereocenters. The summed E-state index contributed by atoms with van der Waals surface area (Å²) in [6.45, 7) is 0. The number of alkyl halides is 13. The quantitative estimate of drug-likeness (QED) is 0.270. The number of hydrogen-bond donors (Lipinski definition) is 1. The normalized spacial score (nSPS) is 14.4. The number of rotatable bonds is 7. The molecule has 0 aliphatic rings. The summed E-state index contributed by atoms with van der Waals surface area (Å²) in [7, 11) is -4.00. The first kappa shape index (κ1) is 33.5. The van der Waals surface area contributed by atoms with E-state index in [-0.39, 0.29) is 0 Å². The second kappa shape index (κ2) is 10.5. The van der Waals surface area contributed by atoms with E-state index in [0.29, 0.717) is 0 Å². The Morgan fingerprint density at radius 1 is 0.667 bits per heavy atom. The molecule has 3 nitrogen and oxygen atoms in total. The van der Waals surface area contributed by atoms with Crippen LogP contribution in [0.4, 0.5) is 70.2 Å². The van der Waals surface area contributed by atoms with Gasteiger partial charge in [-0.3, -0.25) is 4.55 Å². The largest absolute Gasteiger partial charge is 0.460 e. The van der Waals surface area contributed by atoms with Gasteiger partial charge in [0.05, 0.1) is 5.41 Å². The van der Waals surface area contributed by atoms with E-state index >= 15 is 0 Å². The van der Waals surface area contributed by atoms with Crippen LogP contribution in [0.3, 0.4) is 0 Å². The van der Waals surface area contributed by atoms with Gasteiger partial charge in [0.2, 0.25) is 5.83 Å². The van der Waals surface area contributed by atoms with E-state index in [4.69, 9.17) is 4.55 Å². The Labute approximate surface area is 189 Å². The molecule has 0 aliphatic carbocycles. The van der Waals surface area contributed by atoms with E-state index < -0.39 is 57.8 Å². The second-order valence-corrected chi connectivity index (χ2v) is 7.47. The van der Waals surface area contributed by atoms with Crippen molar-refractivity contribution in [2.24, 2.45) is 0 Å². The minimum atomic E-state index is -8.31. The Hall–Kier alpha value is -2.51. The maximum absolute atomic E-state index is 12.7. The highest BCUT2D eigenvalue weighted by Crippen LogP contribution is 2.61. The Balaban J connectivity index is 0.000000846. The fourth-order valence-electron chi connectivity index (χ4n) is 1.75. The van der Waals surface area contributed by atoms with E-state index in [0.717, 1.165) is 11.0 Å². The number of halogens is 16. The zero-order chi connectivity index (χ0) is 29.2. The van der Waals surface area contributed by atoms with Gasteiger partial charge >= 0.3 is 41.9 Å². The van der Waals surface area contributed by atoms with Crippen LogP contribution in [-0.2, 0) is 10.1 Å². The van der Waals surface area contributed by atoms with Gasteiger partial charge in [0, 0.05) is 0 Å². The number of hydrogen-bond acceptors (Lipinski definition) is 2. The van der Waals surface area contributed by atoms with Gasteiger partial charge in [-0.25, -0.2) is 0 Å². The van der Waals surface area contributed by atoms with E-state index in [1.165, 1.54) is 6.08 Å².